The third kappa shape index (κ3) is 3.34. The molecule has 1 aromatic carbocycles. The molecule has 0 radical (unpaired) electrons. The molecule has 0 bridgehead atoms. The quantitative estimate of drug-likeness (QED) is 0.904. The van der Waals surface area contributed by atoms with Crippen LogP contribution in [0.3, 0.4) is 0 Å². The lowest BCUT2D eigenvalue weighted by atomic mass is 10.3. The number of nitrogens with zero attached hydrogens (tertiary/aromatic N) is 1. The first kappa shape index (κ1) is 13.1. The molecule has 0 aliphatic carbocycles. The van der Waals surface area contributed by atoms with Crippen LogP contribution < -0.4 is 10.1 Å². The van der Waals surface area contributed by atoms with E-state index in [0.717, 1.165) is 4.88 Å². The summed E-state index contributed by atoms with van der Waals surface area (Å²) < 4.78 is 19.2. The van der Waals surface area contributed by atoms with Gasteiger partial charge >= 0.3 is 0 Å². The van der Waals surface area contributed by atoms with E-state index in [2.05, 4.69) is 10.3 Å². The van der Waals surface area contributed by atoms with Crippen molar-refractivity contribution in [3.05, 3.63) is 39.6 Å². The molecule has 1 N–H and O–H groups in total. The van der Waals surface area contributed by atoms with Crippen molar-refractivity contribution in [3.8, 4) is 5.75 Å². The van der Waals surface area contributed by atoms with Gasteiger partial charge in [0.1, 0.15) is 0 Å². The highest BCUT2D eigenvalue weighted by molar-refractivity contribution is 7.15. The van der Waals surface area contributed by atoms with Crippen molar-refractivity contribution < 1.29 is 9.13 Å². The molecule has 0 unspecified atom stereocenters. The second-order valence-corrected chi connectivity index (χ2v) is 5.21. The molecule has 6 heteroatoms. The average molecular weight is 287 g/mol. The zero-order valence-corrected chi connectivity index (χ0v) is 11.3. The molecule has 0 aliphatic heterocycles. The Morgan fingerprint density at radius 3 is 2.94 bits per heavy atom. The highest BCUT2D eigenvalue weighted by Crippen LogP contribution is 2.23. The molecule has 0 atom stereocenters. The fraction of sp³-hybridized carbons (Fsp3) is 0.250. The van der Waals surface area contributed by atoms with Gasteiger partial charge in [0.05, 0.1) is 13.2 Å². The van der Waals surface area contributed by atoms with Crippen LogP contribution in [0.1, 0.15) is 11.8 Å². The van der Waals surface area contributed by atoms with E-state index >= 15 is 0 Å². The summed E-state index contributed by atoms with van der Waals surface area (Å²) in [4.78, 5) is 4.93. The van der Waals surface area contributed by atoms with Crippen molar-refractivity contribution in [2.24, 2.45) is 0 Å². The minimum atomic E-state index is -0.371. The molecule has 2 rings (SSSR count). The number of nitrogens with one attached hydrogen (secondary N) is 1. The number of ether oxygens (including phenoxy) is 1. The lowest BCUT2D eigenvalue weighted by Crippen LogP contribution is -1.99. The van der Waals surface area contributed by atoms with E-state index in [0.29, 0.717) is 23.3 Å². The van der Waals surface area contributed by atoms with Crippen LogP contribution in [0.15, 0.2) is 24.4 Å². The number of anilines is 1. The van der Waals surface area contributed by atoms with Gasteiger partial charge in [-0.05, 0) is 19.1 Å². The van der Waals surface area contributed by atoms with Gasteiger partial charge in [0.2, 0.25) is 0 Å². The van der Waals surface area contributed by atoms with E-state index < -0.39 is 0 Å². The molecule has 1 aromatic heterocycles. The topological polar surface area (TPSA) is 34.1 Å². The highest BCUT2D eigenvalue weighted by Gasteiger charge is 2.05. The predicted molar refractivity (Wildman–Crippen MR) is 72.0 cm³/mol. The predicted octanol–water partition coefficient (Wildman–Crippen LogP) is 3.95. The van der Waals surface area contributed by atoms with Gasteiger partial charge < -0.3 is 10.1 Å². The highest BCUT2D eigenvalue weighted by atomic mass is 35.5. The molecule has 0 saturated carbocycles. The molecular formula is C12H12ClFN2OS. The molecular weight excluding hydrogens is 275 g/mol. The summed E-state index contributed by atoms with van der Waals surface area (Å²) in [7, 11) is 0. The van der Waals surface area contributed by atoms with Gasteiger partial charge in [0.25, 0.3) is 0 Å². The lowest BCUT2D eigenvalue weighted by Gasteiger charge is -2.08. The average Bonchev–Trinajstić information content (AvgIpc) is 2.76. The second-order valence-electron chi connectivity index (χ2n) is 3.51. The van der Waals surface area contributed by atoms with Crippen LogP contribution >= 0.6 is 22.9 Å². The largest absolute Gasteiger partial charge is 0.491 e. The number of rotatable bonds is 5. The van der Waals surface area contributed by atoms with Gasteiger partial charge in [0.15, 0.2) is 16.0 Å². The number of hydrogen-bond acceptors (Lipinski definition) is 4. The molecule has 2 aromatic rings. The Balaban J connectivity index is 1.99. The normalized spacial score (nSPS) is 10.4. The summed E-state index contributed by atoms with van der Waals surface area (Å²) in [5.41, 5.74) is 0.695. The van der Waals surface area contributed by atoms with Crippen molar-refractivity contribution in [3.63, 3.8) is 0 Å². The molecule has 0 fully saturated rings. The summed E-state index contributed by atoms with van der Waals surface area (Å²) in [6, 6.07) is 4.80. The monoisotopic (exact) mass is 286 g/mol. The maximum absolute atomic E-state index is 13.6. The third-order valence-electron chi connectivity index (χ3n) is 2.22. The van der Waals surface area contributed by atoms with Crippen molar-refractivity contribution >= 4 is 28.6 Å². The first-order valence-corrected chi connectivity index (χ1v) is 6.65. The summed E-state index contributed by atoms with van der Waals surface area (Å²) in [5.74, 6) is -0.104. The Morgan fingerprint density at radius 1 is 1.50 bits per heavy atom. The molecule has 0 amide bonds. The fourth-order valence-electron chi connectivity index (χ4n) is 1.44. The summed E-state index contributed by atoms with van der Waals surface area (Å²) in [5, 5.41) is 3.10. The van der Waals surface area contributed by atoms with Crippen LogP contribution in [0.4, 0.5) is 10.1 Å². The van der Waals surface area contributed by atoms with Gasteiger partial charge in [-0.1, -0.05) is 11.6 Å². The van der Waals surface area contributed by atoms with Crippen LogP contribution in [0.2, 0.25) is 4.47 Å². The van der Waals surface area contributed by atoms with Gasteiger partial charge in [0, 0.05) is 22.8 Å². The zero-order chi connectivity index (χ0) is 13.0. The van der Waals surface area contributed by atoms with E-state index in [1.807, 2.05) is 6.92 Å². The Morgan fingerprint density at radius 2 is 2.33 bits per heavy atom. The Bertz CT molecular complexity index is 533. The number of benzene rings is 1. The Kier molecular flexibility index (Phi) is 4.38. The first-order valence-electron chi connectivity index (χ1n) is 5.45. The Hall–Kier alpha value is -1.33. The molecule has 0 saturated heterocycles. The van der Waals surface area contributed by atoms with Crippen LogP contribution in [0.25, 0.3) is 0 Å². The van der Waals surface area contributed by atoms with E-state index in [4.69, 9.17) is 16.3 Å². The van der Waals surface area contributed by atoms with Gasteiger partial charge in [-0.15, -0.1) is 11.3 Å². The lowest BCUT2D eigenvalue weighted by molar-refractivity contribution is 0.321. The van der Waals surface area contributed by atoms with E-state index in [1.165, 1.54) is 17.4 Å². The SMILES string of the molecule is CCOc1ccc(NCc2cnc(Cl)s2)cc1F. The minimum Gasteiger partial charge on any atom is -0.491 e. The molecule has 0 aliphatic rings. The van der Waals surface area contributed by atoms with Crippen molar-refractivity contribution in [1.82, 2.24) is 4.98 Å². The zero-order valence-electron chi connectivity index (χ0n) is 9.74. The number of hydrogen-bond donors (Lipinski definition) is 1. The molecule has 18 heavy (non-hydrogen) atoms. The van der Waals surface area contributed by atoms with Crippen molar-refractivity contribution in [2.45, 2.75) is 13.5 Å². The van der Waals surface area contributed by atoms with Crippen molar-refractivity contribution in [1.29, 1.82) is 0 Å². The standard InChI is InChI=1S/C12H12ClFN2OS/c1-2-17-11-4-3-8(5-10(11)14)15-6-9-7-16-12(13)18-9/h3-5,7,15H,2,6H2,1H3. The first-order chi connectivity index (χ1) is 8.69. The molecule has 3 nitrogen and oxygen atoms in total. The summed E-state index contributed by atoms with van der Waals surface area (Å²) in [6.45, 7) is 2.83. The third-order valence-corrected chi connectivity index (χ3v) is 3.34. The summed E-state index contributed by atoms with van der Waals surface area (Å²) >= 11 is 7.12. The van der Waals surface area contributed by atoms with Gasteiger partial charge in [-0.3, -0.25) is 0 Å². The van der Waals surface area contributed by atoms with Gasteiger partial charge in [-0.2, -0.15) is 0 Å². The maximum atomic E-state index is 13.6. The Labute approximate surface area is 114 Å². The minimum absolute atomic E-state index is 0.267. The molecule has 0 spiro atoms. The van der Waals surface area contributed by atoms with Crippen molar-refractivity contribution in [2.75, 3.05) is 11.9 Å². The number of halogens is 2. The van der Waals surface area contributed by atoms with Crippen LogP contribution in [-0.2, 0) is 6.54 Å². The number of aromatic nitrogens is 1. The fourth-order valence-corrected chi connectivity index (χ4v) is 2.36. The van der Waals surface area contributed by atoms with Crippen LogP contribution in [0.5, 0.6) is 5.75 Å². The van der Waals surface area contributed by atoms with E-state index in [9.17, 15) is 4.39 Å². The molecule has 1 heterocycles. The molecule has 96 valence electrons. The second kappa shape index (κ2) is 6.02. The maximum Gasteiger partial charge on any atom is 0.183 e. The van der Waals surface area contributed by atoms with Crippen LogP contribution in [-0.4, -0.2) is 11.6 Å². The van der Waals surface area contributed by atoms with E-state index in [-0.39, 0.29) is 11.6 Å². The summed E-state index contributed by atoms with van der Waals surface area (Å²) in [6.07, 6.45) is 1.70. The van der Waals surface area contributed by atoms with E-state index in [1.54, 1.807) is 18.3 Å². The smallest absolute Gasteiger partial charge is 0.183 e. The van der Waals surface area contributed by atoms with Crippen LogP contribution in [0, 0.1) is 5.82 Å². The van der Waals surface area contributed by atoms with Gasteiger partial charge in [-0.25, -0.2) is 9.37 Å². The number of thiazole rings is 1.